The molecule has 0 fully saturated rings. The van der Waals surface area contributed by atoms with Gasteiger partial charge in [0.2, 0.25) is 5.91 Å². The molecule has 0 radical (unpaired) electrons. The van der Waals surface area contributed by atoms with E-state index in [9.17, 15) is 14.4 Å². The first-order valence-corrected chi connectivity index (χ1v) is 4.94. The molecule has 0 aliphatic rings. The molecule has 92 valence electrons. The van der Waals surface area contributed by atoms with Crippen LogP contribution < -0.4 is 10.9 Å². The van der Waals surface area contributed by atoms with Crippen LogP contribution in [0.1, 0.15) is 29.8 Å². The Bertz CT molecular complexity index is 399. The number of carbonyl (C=O) groups is 3. The molecule has 1 rings (SSSR count). The van der Waals surface area contributed by atoms with Crippen molar-refractivity contribution >= 4 is 17.8 Å². The molecule has 1 aromatic rings. The van der Waals surface area contributed by atoms with Gasteiger partial charge in [-0.15, -0.1) is 0 Å². The van der Waals surface area contributed by atoms with Gasteiger partial charge in [-0.05, 0) is 18.6 Å². The normalized spacial score (nSPS) is 9.65. The van der Waals surface area contributed by atoms with E-state index in [1.165, 1.54) is 12.3 Å². The number of nitrogens with one attached hydrogen (secondary N) is 2. The number of carbonyl (C=O) groups excluding carboxylic acids is 2. The second-order valence-electron chi connectivity index (χ2n) is 3.23. The van der Waals surface area contributed by atoms with Crippen LogP contribution in [0, 0.1) is 0 Å². The molecule has 0 atom stereocenters. The Morgan fingerprint density at radius 1 is 1.24 bits per heavy atom. The number of hydrogen-bond donors (Lipinski definition) is 3. The lowest BCUT2D eigenvalue weighted by Gasteiger charge is -2.04. The minimum atomic E-state index is -0.961. The van der Waals surface area contributed by atoms with Gasteiger partial charge in [-0.2, -0.15) is 0 Å². The molecule has 2 amide bonds. The van der Waals surface area contributed by atoms with E-state index >= 15 is 0 Å². The topological polar surface area (TPSA) is 109 Å². The highest BCUT2D eigenvalue weighted by molar-refractivity contribution is 5.92. The lowest BCUT2D eigenvalue weighted by Crippen LogP contribution is -2.41. The number of rotatable bonds is 5. The highest BCUT2D eigenvalue weighted by Gasteiger charge is 2.09. The molecule has 1 aromatic heterocycles. The molecule has 0 aromatic carbocycles. The SMILES string of the molecule is O=C(O)CCCC(=O)NNC(=O)c1ccco1. The lowest BCUT2D eigenvalue weighted by atomic mass is 10.2. The van der Waals surface area contributed by atoms with Gasteiger partial charge in [0.05, 0.1) is 6.26 Å². The Hall–Kier alpha value is -2.31. The van der Waals surface area contributed by atoms with Crippen LogP contribution in [0.15, 0.2) is 22.8 Å². The third-order valence-electron chi connectivity index (χ3n) is 1.85. The van der Waals surface area contributed by atoms with Crippen LogP contribution in [-0.4, -0.2) is 22.9 Å². The summed E-state index contributed by atoms with van der Waals surface area (Å²) in [6.45, 7) is 0. The highest BCUT2D eigenvalue weighted by atomic mass is 16.4. The maximum atomic E-state index is 11.3. The molecule has 0 aliphatic heterocycles. The first-order chi connectivity index (χ1) is 8.09. The van der Waals surface area contributed by atoms with E-state index in [-0.39, 0.29) is 25.0 Å². The van der Waals surface area contributed by atoms with E-state index in [1.54, 1.807) is 6.07 Å². The molecule has 0 spiro atoms. The van der Waals surface area contributed by atoms with Crippen molar-refractivity contribution in [3.8, 4) is 0 Å². The number of hydrazine groups is 1. The molecule has 0 saturated heterocycles. The Labute approximate surface area is 96.8 Å². The lowest BCUT2D eigenvalue weighted by molar-refractivity contribution is -0.137. The molecule has 0 aliphatic carbocycles. The van der Waals surface area contributed by atoms with Crippen LogP contribution in [0.4, 0.5) is 0 Å². The van der Waals surface area contributed by atoms with E-state index in [4.69, 9.17) is 9.52 Å². The van der Waals surface area contributed by atoms with E-state index in [0.717, 1.165) is 0 Å². The van der Waals surface area contributed by atoms with Crippen molar-refractivity contribution in [1.82, 2.24) is 10.9 Å². The van der Waals surface area contributed by atoms with Gasteiger partial charge in [-0.25, -0.2) is 0 Å². The van der Waals surface area contributed by atoms with E-state index in [0.29, 0.717) is 0 Å². The number of aliphatic carboxylic acids is 1. The van der Waals surface area contributed by atoms with Crippen LogP contribution in [0.5, 0.6) is 0 Å². The first kappa shape index (κ1) is 12.8. The van der Waals surface area contributed by atoms with Gasteiger partial charge < -0.3 is 9.52 Å². The average Bonchev–Trinajstić information content (AvgIpc) is 2.78. The van der Waals surface area contributed by atoms with Crippen molar-refractivity contribution in [2.75, 3.05) is 0 Å². The maximum Gasteiger partial charge on any atom is 0.305 e. The van der Waals surface area contributed by atoms with Crippen molar-refractivity contribution in [3.05, 3.63) is 24.2 Å². The molecule has 3 N–H and O–H groups in total. The first-order valence-electron chi connectivity index (χ1n) is 4.94. The second kappa shape index (κ2) is 6.31. The predicted octanol–water partition coefficient (Wildman–Crippen LogP) is 0.296. The fourth-order valence-electron chi connectivity index (χ4n) is 1.06. The summed E-state index contributed by atoms with van der Waals surface area (Å²) in [6, 6.07) is 3.00. The quantitative estimate of drug-likeness (QED) is 0.641. The monoisotopic (exact) mass is 240 g/mol. The van der Waals surface area contributed by atoms with Gasteiger partial charge in [0.15, 0.2) is 5.76 Å². The summed E-state index contributed by atoms with van der Waals surface area (Å²) in [7, 11) is 0. The van der Waals surface area contributed by atoms with Crippen LogP contribution in [-0.2, 0) is 9.59 Å². The van der Waals surface area contributed by atoms with E-state index in [2.05, 4.69) is 10.9 Å². The summed E-state index contributed by atoms with van der Waals surface area (Å²) in [5.74, 6) is -1.90. The molecule has 0 unspecified atom stereocenters. The molecule has 7 heteroatoms. The van der Waals surface area contributed by atoms with Crippen molar-refractivity contribution in [3.63, 3.8) is 0 Å². The average molecular weight is 240 g/mol. The largest absolute Gasteiger partial charge is 0.481 e. The number of hydrogen-bond acceptors (Lipinski definition) is 4. The summed E-state index contributed by atoms with van der Waals surface area (Å²) < 4.78 is 4.80. The second-order valence-corrected chi connectivity index (χ2v) is 3.23. The van der Waals surface area contributed by atoms with E-state index < -0.39 is 17.8 Å². The third kappa shape index (κ3) is 4.83. The Kier molecular flexibility index (Phi) is 4.74. The maximum absolute atomic E-state index is 11.3. The number of furan rings is 1. The van der Waals surface area contributed by atoms with Crippen LogP contribution in [0.2, 0.25) is 0 Å². The Balaban J connectivity index is 2.20. The fourth-order valence-corrected chi connectivity index (χ4v) is 1.06. The molecular formula is C10H12N2O5. The van der Waals surface area contributed by atoms with Gasteiger partial charge in [-0.3, -0.25) is 25.2 Å². The molecule has 0 saturated carbocycles. The molecular weight excluding hydrogens is 228 g/mol. The molecule has 7 nitrogen and oxygen atoms in total. The van der Waals surface area contributed by atoms with Crippen molar-refractivity contribution in [1.29, 1.82) is 0 Å². The van der Waals surface area contributed by atoms with Crippen molar-refractivity contribution in [2.45, 2.75) is 19.3 Å². The van der Waals surface area contributed by atoms with Crippen molar-refractivity contribution in [2.24, 2.45) is 0 Å². The zero-order valence-corrected chi connectivity index (χ0v) is 8.93. The summed E-state index contributed by atoms with van der Waals surface area (Å²) in [5, 5.41) is 8.36. The van der Waals surface area contributed by atoms with Crippen LogP contribution in [0.3, 0.4) is 0 Å². The molecule has 1 heterocycles. The van der Waals surface area contributed by atoms with Gasteiger partial charge >= 0.3 is 11.9 Å². The van der Waals surface area contributed by atoms with Gasteiger partial charge in [0, 0.05) is 12.8 Å². The molecule has 0 bridgehead atoms. The minimum absolute atomic E-state index is 0.0325. The Morgan fingerprint density at radius 2 is 2.00 bits per heavy atom. The number of carboxylic acid groups (broad SMARTS) is 1. The third-order valence-corrected chi connectivity index (χ3v) is 1.85. The predicted molar refractivity (Wildman–Crippen MR) is 55.8 cm³/mol. The van der Waals surface area contributed by atoms with Gasteiger partial charge in [-0.1, -0.05) is 0 Å². The summed E-state index contributed by atoms with van der Waals surface area (Å²) in [6.07, 6.45) is 1.51. The van der Waals surface area contributed by atoms with E-state index in [1.807, 2.05) is 0 Å². The standard InChI is InChI=1S/C10H12N2O5/c13-8(4-1-5-9(14)15)11-12-10(16)7-3-2-6-17-7/h2-3,6H,1,4-5H2,(H,11,13)(H,12,16)(H,14,15). The fraction of sp³-hybridized carbons (Fsp3) is 0.300. The highest BCUT2D eigenvalue weighted by Crippen LogP contribution is 1.98. The van der Waals surface area contributed by atoms with Crippen molar-refractivity contribution < 1.29 is 23.9 Å². The Morgan fingerprint density at radius 3 is 2.59 bits per heavy atom. The smallest absolute Gasteiger partial charge is 0.305 e. The zero-order chi connectivity index (χ0) is 12.7. The van der Waals surface area contributed by atoms with Gasteiger partial charge in [0.25, 0.3) is 0 Å². The summed E-state index contributed by atoms with van der Waals surface area (Å²) >= 11 is 0. The summed E-state index contributed by atoms with van der Waals surface area (Å²) in [4.78, 5) is 32.6. The number of amides is 2. The summed E-state index contributed by atoms with van der Waals surface area (Å²) in [5.41, 5.74) is 4.30. The molecule has 17 heavy (non-hydrogen) atoms. The van der Waals surface area contributed by atoms with Gasteiger partial charge in [0.1, 0.15) is 0 Å². The zero-order valence-electron chi connectivity index (χ0n) is 8.93. The minimum Gasteiger partial charge on any atom is -0.481 e. The number of carboxylic acids is 1. The van der Waals surface area contributed by atoms with Crippen LogP contribution >= 0.6 is 0 Å². The van der Waals surface area contributed by atoms with Crippen LogP contribution in [0.25, 0.3) is 0 Å².